The zero-order valence-corrected chi connectivity index (χ0v) is 17.5. The molecule has 26 heavy (non-hydrogen) atoms. The highest BCUT2D eigenvalue weighted by atomic mass is 79.9. The van der Waals surface area contributed by atoms with E-state index in [9.17, 15) is 4.79 Å². The number of ether oxygens (including phenoxy) is 2. The van der Waals surface area contributed by atoms with Gasteiger partial charge in [0, 0.05) is 4.47 Å². The molecule has 0 aliphatic carbocycles. The van der Waals surface area contributed by atoms with Gasteiger partial charge in [0.2, 0.25) is 0 Å². The molecule has 1 aromatic heterocycles. The summed E-state index contributed by atoms with van der Waals surface area (Å²) in [5.74, 6) is 1.66. The lowest BCUT2D eigenvalue weighted by atomic mass is 10.2. The van der Waals surface area contributed by atoms with Crippen LogP contribution in [0, 0.1) is 6.92 Å². The van der Waals surface area contributed by atoms with Gasteiger partial charge in [0.25, 0.3) is 5.56 Å². The molecule has 0 aliphatic heterocycles. The van der Waals surface area contributed by atoms with Gasteiger partial charge in [-0.1, -0.05) is 15.9 Å². The third kappa shape index (κ3) is 3.52. The van der Waals surface area contributed by atoms with E-state index in [0.29, 0.717) is 28.2 Å². The Kier molecular flexibility index (Phi) is 5.43. The molecule has 8 heteroatoms. The van der Waals surface area contributed by atoms with Crippen LogP contribution in [0.2, 0.25) is 0 Å². The fourth-order valence-electron chi connectivity index (χ4n) is 2.53. The van der Waals surface area contributed by atoms with E-state index in [0.717, 1.165) is 14.5 Å². The van der Waals surface area contributed by atoms with Gasteiger partial charge in [-0.2, -0.15) is 9.78 Å². The number of rotatable bonds is 4. The van der Waals surface area contributed by atoms with E-state index in [2.05, 4.69) is 41.9 Å². The van der Waals surface area contributed by atoms with Crippen molar-refractivity contribution in [3.63, 3.8) is 0 Å². The number of hydrogen-bond acceptors (Lipinski definition) is 5. The van der Waals surface area contributed by atoms with Crippen LogP contribution in [0.5, 0.6) is 11.5 Å². The summed E-state index contributed by atoms with van der Waals surface area (Å²) in [6, 6.07) is 8.99. The van der Waals surface area contributed by atoms with Gasteiger partial charge < -0.3 is 9.47 Å². The molecule has 0 N–H and O–H groups in total. The molecule has 0 unspecified atom stereocenters. The molecular formula is C18H15Br2N3O3. The second kappa shape index (κ2) is 7.59. The standard InChI is InChI=1S/C18H15Br2N3O3/c1-10-22-15-5-4-12(19)8-13(15)18(24)23(10)21-9-11-6-14(20)17(26-3)16(7-11)25-2/h4-9H,1-3H3. The molecule has 0 bridgehead atoms. The van der Waals surface area contributed by atoms with Crippen molar-refractivity contribution in [3.8, 4) is 11.5 Å². The lowest BCUT2D eigenvalue weighted by Crippen LogP contribution is -2.20. The van der Waals surface area contributed by atoms with Gasteiger partial charge in [-0.15, -0.1) is 0 Å². The Labute approximate surface area is 166 Å². The van der Waals surface area contributed by atoms with Gasteiger partial charge in [0.15, 0.2) is 11.5 Å². The molecule has 0 aliphatic rings. The number of benzene rings is 2. The highest BCUT2D eigenvalue weighted by Crippen LogP contribution is 2.35. The van der Waals surface area contributed by atoms with Gasteiger partial charge in [-0.3, -0.25) is 4.79 Å². The number of fused-ring (bicyclic) bond motifs is 1. The predicted molar refractivity (Wildman–Crippen MR) is 109 cm³/mol. The normalized spacial score (nSPS) is 11.3. The third-order valence-corrected chi connectivity index (χ3v) is 4.83. The maximum absolute atomic E-state index is 12.7. The molecule has 134 valence electrons. The van der Waals surface area contributed by atoms with Crippen molar-refractivity contribution in [2.45, 2.75) is 6.92 Å². The first-order chi connectivity index (χ1) is 12.4. The average Bonchev–Trinajstić information content (AvgIpc) is 2.61. The minimum atomic E-state index is -0.232. The number of hydrogen-bond donors (Lipinski definition) is 0. The van der Waals surface area contributed by atoms with Crippen LogP contribution in [-0.2, 0) is 0 Å². The second-order valence-corrected chi connectivity index (χ2v) is 7.19. The molecule has 0 saturated heterocycles. The summed E-state index contributed by atoms with van der Waals surface area (Å²) in [7, 11) is 3.13. The summed E-state index contributed by atoms with van der Waals surface area (Å²) in [5.41, 5.74) is 1.15. The van der Waals surface area contributed by atoms with E-state index in [1.807, 2.05) is 12.1 Å². The number of aryl methyl sites for hydroxylation is 1. The van der Waals surface area contributed by atoms with Crippen LogP contribution >= 0.6 is 31.9 Å². The summed E-state index contributed by atoms with van der Waals surface area (Å²) in [6.07, 6.45) is 1.58. The largest absolute Gasteiger partial charge is 0.493 e. The van der Waals surface area contributed by atoms with Gasteiger partial charge in [-0.05, 0) is 58.7 Å². The quantitative estimate of drug-likeness (QED) is 0.526. The predicted octanol–water partition coefficient (Wildman–Crippen LogP) is 4.13. The molecule has 0 amide bonds. The van der Waals surface area contributed by atoms with Crippen LogP contribution in [-0.4, -0.2) is 30.1 Å². The first kappa shape index (κ1) is 18.6. The monoisotopic (exact) mass is 479 g/mol. The molecule has 0 fully saturated rings. The lowest BCUT2D eigenvalue weighted by molar-refractivity contribution is 0.353. The van der Waals surface area contributed by atoms with Gasteiger partial charge >= 0.3 is 0 Å². The van der Waals surface area contributed by atoms with Crippen LogP contribution < -0.4 is 15.0 Å². The smallest absolute Gasteiger partial charge is 0.282 e. The Morgan fingerprint density at radius 2 is 1.92 bits per heavy atom. The molecule has 1 heterocycles. The van der Waals surface area contributed by atoms with Crippen molar-refractivity contribution in [1.29, 1.82) is 0 Å². The van der Waals surface area contributed by atoms with Crippen molar-refractivity contribution >= 4 is 49.0 Å². The summed E-state index contributed by atoms with van der Waals surface area (Å²) in [5, 5.41) is 4.81. The first-order valence-electron chi connectivity index (χ1n) is 7.59. The number of aromatic nitrogens is 2. The second-order valence-electron chi connectivity index (χ2n) is 5.42. The van der Waals surface area contributed by atoms with Crippen LogP contribution in [0.25, 0.3) is 10.9 Å². The van der Waals surface area contributed by atoms with E-state index in [1.54, 1.807) is 45.6 Å². The Balaban J connectivity index is 2.09. The van der Waals surface area contributed by atoms with Gasteiger partial charge in [-0.25, -0.2) is 4.98 Å². The molecule has 0 atom stereocenters. The molecule has 0 saturated carbocycles. The zero-order valence-electron chi connectivity index (χ0n) is 14.3. The Bertz CT molecular complexity index is 1080. The van der Waals surface area contributed by atoms with Crippen LogP contribution in [0.15, 0.2) is 49.2 Å². The maximum atomic E-state index is 12.7. The first-order valence-corrected chi connectivity index (χ1v) is 9.18. The van der Waals surface area contributed by atoms with Crippen LogP contribution in [0.4, 0.5) is 0 Å². The summed E-state index contributed by atoms with van der Waals surface area (Å²) in [6.45, 7) is 1.74. The van der Waals surface area contributed by atoms with E-state index in [1.165, 1.54) is 4.68 Å². The van der Waals surface area contributed by atoms with Crippen molar-refractivity contribution in [3.05, 3.63) is 61.0 Å². The summed E-state index contributed by atoms with van der Waals surface area (Å²) < 4.78 is 13.4. The zero-order chi connectivity index (χ0) is 18.8. The van der Waals surface area contributed by atoms with Crippen LogP contribution in [0.1, 0.15) is 11.4 Å². The summed E-state index contributed by atoms with van der Waals surface area (Å²) in [4.78, 5) is 17.2. The van der Waals surface area contributed by atoms with E-state index < -0.39 is 0 Å². The number of halogens is 2. The van der Waals surface area contributed by atoms with E-state index in [4.69, 9.17) is 9.47 Å². The highest BCUT2D eigenvalue weighted by molar-refractivity contribution is 9.10. The van der Waals surface area contributed by atoms with Gasteiger partial charge in [0.05, 0.1) is 35.8 Å². The van der Waals surface area contributed by atoms with Crippen molar-refractivity contribution < 1.29 is 9.47 Å². The van der Waals surface area contributed by atoms with E-state index >= 15 is 0 Å². The van der Waals surface area contributed by atoms with Crippen molar-refractivity contribution in [2.75, 3.05) is 14.2 Å². The average molecular weight is 481 g/mol. The summed E-state index contributed by atoms with van der Waals surface area (Å²) >= 11 is 6.82. The minimum Gasteiger partial charge on any atom is -0.493 e. The Morgan fingerprint density at radius 1 is 1.15 bits per heavy atom. The van der Waals surface area contributed by atoms with Crippen LogP contribution in [0.3, 0.4) is 0 Å². The molecule has 0 radical (unpaired) electrons. The maximum Gasteiger partial charge on any atom is 0.282 e. The fraction of sp³-hybridized carbons (Fsp3) is 0.167. The number of methoxy groups -OCH3 is 2. The topological polar surface area (TPSA) is 65.7 Å². The molecule has 6 nitrogen and oxygen atoms in total. The molecule has 3 aromatic rings. The van der Waals surface area contributed by atoms with Crippen molar-refractivity contribution in [1.82, 2.24) is 9.66 Å². The van der Waals surface area contributed by atoms with Gasteiger partial charge in [0.1, 0.15) is 5.82 Å². The molecule has 3 rings (SSSR count). The Hall–Kier alpha value is -2.19. The molecule has 0 spiro atoms. The molecular weight excluding hydrogens is 466 g/mol. The Morgan fingerprint density at radius 3 is 2.62 bits per heavy atom. The minimum absolute atomic E-state index is 0.232. The SMILES string of the molecule is COc1cc(C=Nn2c(C)nc3ccc(Br)cc3c2=O)cc(Br)c1OC. The third-order valence-electron chi connectivity index (χ3n) is 3.75. The van der Waals surface area contributed by atoms with Crippen molar-refractivity contribution in [2.24, 2.45) is 5.10 Å². The molecule has 2 aromatic carbocycles. The van der Waals surface area contributed by atoms with E-state index in [-0.39, 0.29) is 5.56 Å². The number of nitrogens with zero attached hydrogens (tertiary/aromatic N) is 3. The lowest BCUT2D eigenvalue weighted by Gasteiger charge is -2.10. The highest BCUT2D eigenvalue weighted by Gasteiger charge is 2.11. The fourth-order valence-corrected chi connectivity index (χ4v) is 3.52.